The third kappa shape index (κ3) is 2.60. The van der Waals surface area contributed by atoms with Gasteiger partial charge in [-0.05, 0) is 12.1 Å². The Morgan fingerprint density at radius 2 is 1.33 bits per heavy atom. The van der Waals surface area contributed by atoms with Crippen LogP contribution in [0.4, 0.5) is 0 Å². The van der Waals surface area contributed by atoms with Crippen LogP contribution in [0.5, 0.6) is 0 Å². The van der Waals surface area contributed by atoms with Crippen LogP contribution in [-0.2, 0) is 32.3 Å². The van der Waals surface area contributed by atoms with Gasteiger partial charge in [0, 0.05) is 0 Å². The number of aromatic nitrogens is 2. The molecule has 92 valence electrons. The Morgan fingerprint density at radius 3 is 1.72 bits per heavy atom. The third-order valence-corrected chi connectivity index (χ3v) is 2.30. The molecule has 6 nitrogen and oxygen atoms in total. The van der Waals surface area contributed by atoms with E-state index >= 15 is 0 Å². The molecule has 6 heteroatoms. The number of fused-ring (bicyclic) bond motifs is 1. The van der Waals surface area contributed by atoms with E-state index in [-0.39, 0.29) is 13.2 Å². The van der Waals surface area contributed by atoms with Crippen molar-refractivity contribution in [2.24, 2.45) is 0 Å². The van der Waals surface area contributed by atoms with Gasteiger partial charge in [-0.1, -0.05) is 12.1 Å². The lowest BCUT2D eigenvalue weighted by atomic mass is 10.2. The highest BCUT2D eigenvalue weighted by Gasteiger charge is 2.09. The van der Waals surface area contributed by atoms with Gasteiger partial charge in [0.15, 0.2) is 0 Å². The second-order valence-corrected chi connectivity index (χ2v) is 3.42. The minimum Gasteiger partial charge on any atom is -0.461 e. The first kappa shape index (κ1) is 12.0. The fraction of sp³-hybridized carbons (Fsp3) is 0.167. The average Bonchev–Trinajstić information content (AvgIpc) is 2.42. The molecule has 0 aliphatic heterocycles. The van der Waals surface area contributed by atoms with E-state index in [4.69, 9.17) is 0 Å². The number of carbonyl (C=O) groups is 2. The molecule has 0 bridgehead atoms. The van der Waals surface area contributed by atoms with E-state index in [9.17, 15) is 9.59 Å². The van der Waals surface area contributed by atoms with Gasteiger partial charge in [-0.3, -0.25) is 9.59 Å². The summed E-state index contributed by atoms with van der Waals surface area (Å²) in [4.78, 5) is 29.1. The van der Waals surface area contributed by atoms with Gasteiger partial charge in [0.05, 0.1) is 11.0 Å². The summed E-state index contributed by atoms with van der Waals surface area (Å²) in [6.45, 7) is 0.667. The standard InChI is InChI=1S/C12H10N2O4/c15-7-17-5-11-12(6-18-8-16)14-10-4-2-1-3-9(10)13-11/h1-4,7-8H,5-6H2. The Hall–Kier alpha value is -2.50. The zero-order valence-corrected chi connectivity index (χ0v) is 9.41. The van der Waals surface area contributed by atoms with Crippen LogP contribution in [-0.4, -0.2) is 22.9 Å². The maximum atomic E-state index is 10.2. The topological polar surface area (TPSA) is 78.4 Å². The summed E-state index contributed by atoms with van der Waals surface area (Å²) in [7, 11) is 0. The van der Waals surface area contributed by atoms with Gasteiger partial charge in [0.1, 0.15) is 24.6 Å². The minimum atomic E-state index is -0.00111. The summed E-state index contributed by atoms with van der Waals surface area (Å²) >= 11 is 0. The van der Waals surface area contributed by atoms with Crippen LogP contribution in [0.2, 0.25) is 0 Å². The Labute approximate surface area is 103 Å². The van der Waals surface area contributed by atoms with Crippen molar-refractivity contribution in [3.8, 4) is 0 Å². The van der Waals surface area contributed by atoms with Crippen LogP contribution < -0.4 is 0 Å². The van der Waals surface area contributed by atoms with Crippen molar-refractivity contribution in [1.82, 2.24) is 9.97 Å². The molecular formula is C12H10N2O4. The molecule has 0 saturated heterocycles. The van der Waals surface area contributed by atoms with Crippen molar-refractivity contribution in [3.05, 3.63) is 35.7 Å². The van der Waals surface area contributed by atoms with Gasteiger partial charge in [-0.2, -0.15) is 0 Å². The number of benzene rings is 1. The number of rotatable bonds is 6. The molecular weight excluding hydrogens is 236 g/mol. The van der Waals surface area contributed by atoms with Gasteiger partial charge < -0.3 is 9.47 Å². The molecule has 0 radical (unpaired) electrons. The van der Waals surface area contributed by atoms with Crippen LogP contribution in [0.1, 0.15) is 11.4 Å². The molecule has 1 aromatic heterocycles. The number of nitrogens with zero attached hydrogens (tertiary/aromatic N) is 2. The summed E-state index contributed by atoms with van der Waals surface area (Å²) in [5.74, 6) is 0. The molecule has 0 N–H and O–H groups in total. The highest BCUT2D eigenvalue weighted by Crippen LogP contribution is 2.14. The first-order valence-electron chi connectivity index (χ1n) is 5.20. The number of hydrogen-bond donors (Lipinski definition) is 0. The Balaban J connectivity index is 2.41. The highest BCUT2D eigenvalue weighted by molar-refractivity contribution is 5.74. The van der Waals surface area contributed by atoms with Gasteiger partial charge >= 0.3 is 0 Å². The fourth-order valence-electron chi connectivity index (χ4n) is 1.53. The van der Waals surface area contributed by atoms with Crippen LogP contribution in [0.15, 0.2) is 24.3 Å². The summed E-state index contributed by atoms with van der Waals surface area (Å²) < 4.78 is 9.32. The van der Waals surface area contributed by atoms with E-state index < -0.39 is 0 Å². The number of ether oxygens (including phenoxy) is 2. The summed E-state index contributed by atoms with van der Waals surface area (Å²) in [6, 6.07) is 7.28. The van der Waals surface area contributed by atoms with Crippen LogP contribution in [0, 0.1) is 0 Å². The smallest absolute Gasteiger partial charge is 0.293 e. The predicted molar refractivity (Wildman–Crippen MR) is 61.2 cm³/mol. The molecule has 0 amide bonds. The molecule has 0 spiro atoms. The molecule has 2 aromatic rings. The fourth-order valence-corrected chi connectivity index (χ4v) is 1.53. The first-order chi connectivity index (χ1) is 8.85. The van der Waals surface area contributed by atoms with Gasteiger partial charge in [0.25, 0.3) is 12.9 Å². The van der Waals surface area contributed by atoms with Crippen molar-refractivity contribution in [2.75, 3.05) is 0 Å². The Kier molecular flexibility index (Phi) is 3.80. The maximum absolute atomic E-state index is 10.2. The monoisotopic (exact) mass is 246 g/mol. The van der Waals surface area contributed by atoms with Gasteiger partial charge in [-0.15, -0.1) is 0 Å². The van der Waals surface area contributed by atoms with Gasteiger partial charge in [0.2, 0.25) is 0 Å². The summed E-state index contributed by atoms with van der Waals surface area (Å²) in [6.07, 6.45) is 0. The highest BCUT2D eigenvalue weighted by atomic mass is 16.5. The van der Waals surface area contributed by atoms with Crippen molar-refractivity contribution in [2.45, 2.75) is 13.2 Å². The molecule has 2 rings (SSSR count). The number of hydrogen-bond acceptors (Lipinski definition) is 6. The molecule has 0 atom stereocenters. The average molecular weight is 246 g/mol. The quantitative estimate of drug-likeness (QED) is 0.707. The Morgan fingerprint density at radius 1 is 0.889 bits per heavy atom. The van der Waals surface area contributed by atoms with Crippen LogP contribution >= 0.6 is 0 Å². The molecule has 1 heterocycles. The van der Waals surface area contributed by atoms with E-state index in [2.05, 4.69) is 19.4 Å². The molecule has 18 heavy (non-hydrogen) atoms. The van der Waals surface area contributed by atoms with Crippen molar-refractivity contribution in [3.63, 3.8) is 0 Å². The normalized spacial score (nSPS) is 10.0. The summed E-state index contributed by atoms with van der Waals surface area (Å²) in [5.41, 5.74) is 2.33. The van der Waals surface area contributed by atoms with E-state index in [1.54, 1.807) is 12.1 Å². The lowest BCUT2D eigenvalue weighted by Gasteiger charge is -2.07. The van der Waals surface area contributed by atoms with Crippen molar-refractivity contribution >= 4 is 24.0 Å². The molecule has 0 aliphatic rings. The second kappa shape index (κ2) is 5.72. The van der Waals surface area contributed by atoms with E-state index in [0.29, 0.717) is 35.4 Å². The van der Waals surface area contributed by atoms with E-state index in [1.165, 1.54) is 0 Å². The van der Waals surface area contributed by atoms with Gasteiger partial charge in [-0.25, -0.2) is 9.97 Å². The van der Waals surface area contributed by atoms with E-state index in [1.807, 2.05) is 12.1 Å². The molecule has 0 fully saturated rings. The van der Waals surface area contributed by atoms with Crippen LogP contribution in [0.3, 0.4) is 0 Å². The predicted octanol–water partition coefficient (Wildman–Crippen LogP) is 0.976. The number of carbonyl (C=O) groups excluding carboxylic acids is 2. The minimum absolute atomic E-state index is 0.00111. The molecule has 1 aromatic carbocycles. The Bertz CT molecular complexity index is 521. The third-order valence-electron chi connectivity index (χ3n) is 2.30. The second-order valence-electron chi connectivity index (χ2n) is 3.42. The number of para-hydroxylation sites is 2. The molecule has 0 saturated carbocycles. The van der Waals surface area contributed by atoms with Crippen molar-refractivity contribution < 1.29 is 19.1 Å². The molecule has 0 aliphatic carbocycles. The van der Waals surface area contributed by atoms with Crippen LogP contribution in [0.25, 0.3) is 11.0 Å². The molecule has 0 unspecified atom stereocenters. The van der Waals surface area contributed by atoms with Crippen molar-refractivity contribution in [1.29, 1.82) is 0 Å². The maximum Gasteiger partial charge on any atom is 0.293 e. The first-order valence-corrected chi connectivity index (χ1v) is 5.20. The van der Waals surface area contributed by atoms with E-state index in [0.717, 1.165) is 0 Å². The summed E-state index contributed by atoms with van der Waals surface area (Å²) in [5, 5.41) is 0. The SMILES string of the molecule is O=COCc1nc2ccccc2nc1COC=O. The lowest BCUT2D eigenvalue weighted by molar-refractivity contribution is -0.131. The lowest BCUT2D eigenvalue weighted by Crippen LogP contribution is -2.06. The zero-order chi connectivity index (χ0) is 12.8. The largest absolute Gasteiger partial charge is 0.461 e. The zero-order valence-electron chi connectivity index (χ0n) is 9.41.